The molecule has 19 heavy (non-hydrogen) atoms. The molecular weight excluding hydrogens is 250 g/mol. The molecule has 0 heterocycles. The molecule has 0 unspecified atom stereocenters. The van der Waals surface area contributed by atoms with Crippen LogP contribution in [0.5, 0.6) is 0 Å². The molecule has 2 N–H and O–H groups in total. The summed E-state index contributed by atoms with van der Waals surface area (Å²) in [4.78, 5) is 11.6. The van der Waals surface area contributed by atoms with E-state index in [4.69, 9.17) is 0 Å². The van der Waals surface area contributed by atoms with Gasteiger partial charge in [0.1, 0.15) is 11.6 Å². The summed E-state index contributed by atoms with van der Waals surface area (Å²) in [6.45, 7) is 6.14. The lowest BCUT2D eigenvalue weighted by Gasteiger charge is -2.24. The first-order valence-corrected chi connectivity index (χ1v) is 6.29. The average Bonchev–Trinajstić information content (AvgIpc) is 2.31. The molecule has 0 spiro atoms. The Balaban J connectivity index is 2.40. The molecule has 1 aromatic rings. The topological polar surface area (TPSA) is 41.1 Å². The number of nitrogens with one attached hydrogen (secondary N) is 2. The summed E-state index contributed by atoms with van der Waals surface area (Å²) in [5, 5.41) is 5.69. The van der Waals surface area contributed by atoms with Gasteiger partial charge in [0, 0.05) is 23.7 Å². The van der Waals surface area contributed by atoms with Crippen molar-refractivity contribution in [2.45, 2.75) is 39.3 Å². The lowest BCUT2D eigenvalue weighted by atomic mass is 10.0. The van der Waals surface area contributed by atoms with Gasteiger partial charge < -0.3 is 10.6 Å². The second-order valence-electron chi connectivity index (χ2n) is 5.12. The molecule has 0 radical (unpaired) electrons. The molecule has 1 rings (SSSR count). The number of carbonyl (C=O) groups is 1. The highest BCUT2D eigenvalue weighted by molar-refractivity contribution is 5.78. The second kappa shape index (κ2) is 6.61. The van der Waals surface area contributed by atoms with Crippen LogP contribution in [0.1, 0.15) is 32.8 Å². The molecule has 0 saturated carbocycles. The minimum Gasteiger partial charge on any atom is -0.350 e. The predicted octanol–water partition coefficient (Wildman–Crippen LogP) is 2.36. The van der Waals surface area contributed by atoms with Gasteiger partial charge in [-0.1, -0.05) is 13.0 Å². The van der Waals surface area contributed by atoms with E-state index < -0.39 is 11.6 Å². The van der Waals surface area contributed by atoms with Crippen LogP contribution in [0, 0.1) is 11.6 Å². The highest BCUT2D eigenvalue weighted by Gasteiger charge is 2.17. The lowest BCUT2D eigenvalue weighted by Crippen LogP contribution is -2.46. The molecule has 3 nitrogen and oxygen atoms in total. The zero-order chi connectivity index (χ0) is 14.5. The van der Waals surface area contributed by atoms with Gasteiger partial charge in [0.25, 0.3) is 0 Å². The van der Waals surface area contributed by atoms with E-state index in [0.717, 1.165) is 12.5 Å². The third kappa shape index (κ3) is 5.34. The number of benzene rings is 1. The lowest BCUT2D eigenvalue weighted by molar-refractivity contribution is -0.121. The third-order valence-electron chi connectivity index (χ3n) is 2.98. The molecule has 0 fully saturated rings. The number of rotatable bonds is 6. The smallest absolute Gasteiger partial charge is 0.234 e. The van der Waals surface area contributed by atoms with Crippen molar-refractivity contribution in [3.8, 4) is 0 Å². The molecule has 106 valence electrons. The molecule has 0 aromatic heterocycles. The van der Waals surface area contributed by atoms with Crippen molar-refractivity contribution in [2.75, 3.05) is 6.54 Å². The second-order valence-corrected chi connectivity index (χ2v) is 5.12. The van der Waals surface area contributed by atoms with Crippen molar-refractivity contribution in [3.63, 3.8) is 0 Å². The van der Waals surface area contributed by atoms with E-state index >= 15 is 0 Å². The molecule has 0 aliphatic rings. The Hall–Kier alpha value is -1.49. The number of halogens is 2. The molecular formula is C14H20F2N2O. The Labute approximate surface area is 112 Å². The molecule has 1 aromatic carbocycles. The largest absolute Gasteiger partial charge is 0.350 e. The maximum Gasteiger partial charge on any atom is 0.234 e. The fourth-order valence-corrected chi connectivity index (χ4v) is 1.49. The first-order chi connectivity index (χ1) is 8.84. The van der Waals surface area contributed by atoms with E-state index in [-0.39, 0.29) is 24.5 Å². The fourth-order valence-electron chi connectivity index (χ4n) is 1.49. The predicted molar refractivity (Wildman–Crippen MR) is 70.6 cm³/mol. The Morgan fingerprint density at radius 2 is 2.00 bits per heavy atom. The van der Waals surface area contributed by atoms with E-state index in [0.29, 0.717) is 5.56 Å². The molecule has 0 atom stereocenters. The van der Waals surface area contributed by atoms with Crippen LogP contribution in [0.2, 0.25) is 0 Å². The summed E-state index contributed by atoms with van der Waals surface area (Å²) in [5.74, 6) is -1.36. The van der Waals surface area contributed by atoms with Crippen LogP contribution >= 0.6 is 0 Å². The first-order valence-electron chi connectivity index (χ1n) is 6.29. The number of amides is 1. The summed E-state index contributed by atoms with van der Waals surface area (Å²) >= 11 is 0. The monoisotopic (exact) mass is 270 g/mol. The van der Waals surface area contributed by atoms with Gasteiger partial charge in [-0.05, 0) is 26.3 Å². The van der Waals surface area contributed by atoms with Gasteiger partial charge in [-0.25, -0.2) is 8.78 Å². The average molecular weight is 270 g/mol. The minimum atomic E-state index is -0.609. The Morgan fingerprint density at radius 1 is 1.32 bits per heavy atom. The van der Waals surface area contributed by atoms with Crippen LogP contribution in [0.3, 0.4) is 0 Å². The van der Waals surface area contributed by atoms with E-state index in [9.17, 15) is 13.6 Å². The number of carbonyl (C=O) groups excluding carboxylic acids is 1. The van der Waals surface area contributed by atoms with Gasteiger partial charge >= 0.3 is 0 Å². The van der Waals surface area contributed by atoms with E-state index in [1.165, 1.54) is 12.1 Å². The summed E-state index contributed by atoms with van der Waals surface area (Å²) in [6, 6.07) is 3.39. The standard InChI is InChI=1S/C14H20F2N2O/c1-4-14(2,3)18-13(19)9-17-8-10-5-6-11(15)7-12(10)16/h5-7,17H,4,8-9H2,1-3H3,(H,18,19). The van der Waals surface area contributed by atoms with Crippen LogP contribution in [-0.2, 0) is 11.3 Å². The van der Waals surface area contributed by atoms with Crippen molar-refractivity contribution < 1.29 is 13.6 Å². The molecule has 5 heteroatoms. The van der Waals surface area contributed by atoms with Crippen molar-refractivity contribution in [2.24, 2.45) is 0 Å². The van der Waals surface area contributed by atoms with E-state index in [1.54, 1.807) is 0 Å². The van der Waals surface area contributed by atoms with Crippen molar-refractivity contribution in [3.05, 3.63) is 35.4 Å². The Kier molecular flexibility index (Phi) is 5.42. The number of hydrogen-bond donors (Lipinski definition) is 2. The molecule has 0 bridgehead atoms. The van der Waals surface area contributed by atoms with Gasteiger partial charge in [0.15, 0.2) is 0 Å². The maximum atomic E-state index is 13.3. The van der Waals surface area contributed by atoms with Gasteiger partial charge in [-0.2, -0.15) is 0 Å². The molecule has 0 aliphatic carbocycles. The molecule has 1 amide bonds. The van der Waals surface area contributed by atoms with Crippen LogP contribution in [-0.4, -0.2) is 18.0 Å². The van der Waals surface area contributed by atoms with Crippen LogP contribution in [0.4, 0.5) is 8.78 Å². The van der Waals surface area contributed by atoms with Crippen molar-refractivity contribution >= 4 is 5.91 Å². The van der Waals surface area contributed by atoms with Crippen LogP contribution < -0.4 is 10.6 Å². The SMILES string of the molecule is CCC(C)(C)NC(=O)CNCc1ccc(F)cc1F. The quantitative estimate of drug-likeness (QED) is 0.833. The zero-order valence-corrected chi connectivity index (χ0v) is 11.5. The third-order valence-corrected chi connectivity index (χ3v) is 2.98. The zero-order valence-electron chi connectivity index (χ0n) is 11.5. The first kappa shape index (κ1) is 15.6. The van der Waals surface area contributed by atoms with E-state index in [1.807, 2.05) is 20.8 Å². The van der Waals surface area contributed by atoms with Gasteiger partial charge in [0.2, 0.25) is 5.91 Å². The van der Waals surface area contributed by atoms with Gasteiger partial charge in [-0.15, -0.1) is 0 Å². The van der Waals surface area contributed by atoms with Crippen molar-refractivity contribution in [1.82, 2.24) is 10.6 Å². The van der Waals surface area contributed by atoms with Crippen LogP contribution in [0.25, 0.3) is 0 Å². The van der Waals surface area contributed by atoms with Gasteiger partial charge in [0.05, 0.1) is 6.54 Å². The summed E-state index contributed by atoms with van der Waals surface area (Å²) in [6.07, 6.45) is 0.825. The minimum absolute atomic E-state index is 0.0975. The normalized spacial score (nSPS) is 11.4. The summed E-state index contributed by atoms with van der Waals surface area (Å²) < 4.78 is 26.0. The maximum absolute atomic E-state index is 13.3. The molecule has 0 saturated heterocycles. The van der Waals surface area contributed by atoms with Crippen LogP contribution in [0.15, 0.2) is 18.2 Å². The van der Waals surface area contributed by atoms with Crippen molar-refractivity contribution in [1.29, 1.82) is 0 Å². The fraction of sp³-hybridized carbons (Fsp3) is 0.500. The number of hydrogen-bond acceptors (Lipinski definition) is 2. The summed E-state index contributed by atoms with van der Waals surface area (Å²) in [7, 11) is 0. The summed E-state index contributed by atoms with van der Waals surface area (Å²) in [5.41, 5.74) is 0.0869. The Morgan fingerprint density at radius 3 is 2.58 bits per heavy atom. The highest BCUT2D eigenvalue weighted by atomic mass is 19.1. The highest BCUT2D eigenvalue weighted by Crippen LogP contribution is 2.09. The van der Waals surface area contributed by atoms with Gasteiger partial charge in [-0.3, -0.25) is 4.79 Å². The Bertz CT molecular complexity index is 447. The van der Waals surface area contributed by atoms with E-state index in [2.05, 4.69) is 10.6 Å². The molecule has 0 aliphatic heterocycles.